The highest BCUT2D eigenvalue weighted by molar-refractivity contribution is 7.91. The van der Waals surface area contributed by atoms with Crippen LogP contribution in [-0.2, 0) is 9.84 Å². The summed E-state index contributed by atoms with van der Waals surface area (Å²) in [5.74, 6) is 0.204. The van der Waals surface area contributed by atoms with Crippen LogP contribution in [0.2, 0.25) is 0 Å². The van der Waals surface area contributed by atoms with Crippen molar-refractivity contribution in [1.29, 1.82) is 0 Å². The first kappa shape index (κ1) is 16.0. The first-order valence-corrected chi connectivity index (χ1v) is 9.83. The second-order valence-corrected chi connectivity index (χ2v) is 8.31. The zero-order chi connectivity index (χ0) is 16.4. The Morgan fingerprint density at radius 3 is 2.61 bits per heavy atom. The predicted molar refractivity (Wildman–Crippen MR) is 92.3 cm³/mol. The first-order valence-electron chi connectivity index (χ1n) is 8.01. The fourth-order valence-electron chi connectivity index (χ4n) is 3.28. The Morgan fingerprint density at radius 2 is 1.91 bits per heavy atom. The van der Waals surface area contributed by atoms with E-state index in [4.69, 9.17) is 0 Å². The average molecular weight is 331 g/mol. The molecule has 1 fully saturated rings. The van der Waals surface area contributed by atoms with Crippen LogP contribution in [-0.4, -0.2) is 43.3 Å². The van der Waals surface area contributed by atoms with Crippen LogP contribution in [0.25, 0.3) is 10.8 Å². The molecule has 0 aliphatic carbocycles. The monoisotopic (exact) mass is 331 g/mol. The van der Waals surface area contributed by atoms with Crippen molar-refractivity contribution in [2.45, 2.75) is 25.8 Å². The van der Waals surface area contributed by atoms with Crippen molar-refractivity contribution in [3.63, 3.8) is 0 Å². The van der Waals surface area contributed by atoms with Crippen LogP contribution in [0.1, 0.15) is 30.1 Å². The quantitative estimate of drug-likeness (QED) is 0.865. The minimum absolute atomic E-state index is 0.0641. The molecule has 1 aliphatic heterocycles. The van der Waals surface area contributed by atoms with Gasteiger partial charge in [0.05, 0.1) is 11.5 Å². The molecule has 1 saturated heterocycles. The van der Waals surface area contributed by atoms with Gasteiger partial charge in [0.1, 0.15) is 0 Å². The van der Waals surface area contributed by atoms with Crippen molar-refractivity contribution in [2.75, 3.05) is 18.1 Å². The Labute approximate surface area is 137 Å². The summed E-state index contributed by atoms with van der Waals surface area (Å²) in [6.07, 6.45) is 1.35. The van der Waals surface area contributed by atoms with Crippen LogP contribution in [0, 0.1) is 0 Å². The summed E-state index contributed by atoms with van der Waals surface area (Å²) < 4.78 is 23.6. The van der Waals surface area contributed by atoms with E-state index in [0.29, 0.717) is 18.5 Å². The zero-order valence-corrected chi connectivity index (χ0v) is 14.1. The lowest BCUT2D eigenvalue weighted by Gasteiger charge is -2.28. The molecule has 1 unspecified atom stereocenters. The molecule has 5 heteroatoms. The average Bonchev–Trinajstić information content (AvgIpc) is 2.91. The molecule has 0 saturated carbocycles. The normalized spacial score (nSPS) is 19.8. The van der Waals surface area contributed by atoms with Gasteiger partial charge < -0.3 is 4.90 Å². The molecule has 0 radical (unpaired) electrons. The van der Waals surface area contributed by atoms with Crippen molar-refractivity contribution >= 4 is 26.5 Å². The summed E-state index contributed by atoms with van der Waals surface area (Å²) in [4.78, 5) is 14.8. The molecular weight excluding hydrogens is 310 g/mol. The lowest BCUT2D eigenvalue weighted by Crippen LogP contribution is -2.41. The van der Waals surface area contributed by atoms with Crippen LogP contribution in [0.3, 0.4) is 0 Å². The molecule has 2 aromatic carbocycles. The van der Waals surface area contributed by atoms with Gasteiger partial charge in [0.25, 0.3) is 5.91 Å². The Kier molecular flexibility index (Phi) is 4.39. The van der Waals surface area contributed by atoms with Crippen LogP contribution >= 0.6 is 0 Å². The maximum absolute atomic E-state index is 13.1. The molecule has 1 amide bonds. The van der Waals surface area contributed by atoms with Gasteiger partial charge in [0.2, 0.25) is 0 Å². The van der Waals surface area contributed by atoms with E-state index in [1.807, 2.05) is 49.4 Å². The summed E-state index contributed by atoms with van der Waals surface area (Å²) in [5.41, 5.74) is 0.654. The molecule has 0 spiro atoms. The molecule has 0 N–H and O–H groups in total. The number of carbonyl (C=O) groups excluding carboxylic acids is 1. The van der Waals surface area contributed by atoms with E-state index in [0.717, 1.165) is 17.2 Å². The Balaban J connectivity index is 1.98. The van der Waals surface area contributed by atoms with E-state index in [9.17, 15) is 13.2 Å². The van der Waals surface area contributed by atoms with E-state index in [1.165, 1.54) is 0 Å². The molecule has 23 heavy (non-hydrogen) atoms. The highest BCUT2D eigenvalue weighted by Crippen LogP contribution is 2.24. The first-order chi connectivity index (χ1) is 11.0. The number of carbonyl (C=O) groups is 1. The van der Waals surface area contributed by atoms with E-state index >= 15 is 0 Å². The van der Waals surface area contributed by atoms with Crippen LogP contribution in [0.15, 0.2) is 42.5 Å². The van der Waals surface area contributed by atoms with E-state index in [-0.39, 0.29) is 23.5 Å². The van der Waals surface area contributed by atoms with Crippen LogP contribution < -0.4 is 0 Å². The summed E-state index contributed by atoms with van der Waals surface area (Å²) in [6, 6.07) is 13.3. The second-order valence-electron chi connectivity index (χ2n) is 6.08. The van der Waals surface area contributed by atoms with Gasteiger partial charge in [-0.25, -0.2) is 8.42 Å². The third-order valence-electron chi connectivity index (χ3n) is 4.39. The minimum Gasteiger partial charge on any atom is -0.335 e. The summed E-state index contributed by atoms with van der Waals surface area (Å²) in [6.45, 7) is 2.59. The van der Waals surface area contributed by atoms with Crippen molar-refractivity contribution in [3.05, 3.63) is 48.0 Å². The van der Waals surface area contributed by atoms with Gasteiger partial charge in [0, 0.05) is 18.2 Å². The predicted octanol–water partition coefficient (Wildman–Crippen LogP) is 2.88. The third-order valence-corrected chi connectivity index (χ3v) is 6.14. The van der Waals surface area contributed by atoms with Gasteiger partial charge in [-0.05, 0) is 29.7 Å². The molecule has 0 aromatic heterocycles. The van der Waals surface area contributed by atoms with Gasteiger partial charge in [-0.1, -0.05) is 43.3 Å². The third kappa shape index (κ3) is 3.24. The topological polar surface area (TPSA) is 54.5 Å². The minimum atomic E-state index is -3.01. The number of fused-ring (bicyclic) bond motifs is 1. The molecule has 0 bridgehead atoms. The molecule has 4 nitrogen and oxygen atoms in total. The maximum atomic E-state index is 13.1. The van der Waals surface area contributed by atoms with Crippen LogP contribution in [0.4, 0.5) is 0 Å². The van der Waals surface area contributed by atoms with Crippen molar-refractivity contribution in [1.82, 2.24) is 4.90 Å². The number of sulfone groups is 1. The summed E-state index contributed by atoms with van der Waals surface area (Å²) in [5, 5.41) is 1.94. The molecule has 2 aromatic rings. The largest absolute Gasteiger partial charge is 0.335 e. The second kappa shape index (κ2) is 6.32. The maximum Gasteiger partial charge on any atom is 0.254 e. The van der Waals surface area contributed by atoms with E-state index in [2.05, 4.69) is 0 Å². The highest BCUT2D eigenvalue weighted by Gasteiger charge is 2.34. The Morgan fingerprint density at radius 1 is 1.17 bits per heavy atom. The molecule has 1 heterocycles. The van der Waals surface area contributed by atoms with Crippen LogP contribution in [0.5, 0.6) is 0 Å². The van der Waals surface area contributed by atoms with Gasteiger partial charge in [-0.3, -0.25) is 4.79 Å². The molecular formula is C18H21NO3S. The summed E-state index contributed by atoms with van der Waals surface area (Å²) >= 11 is 0. The molecule has 1 aliphatic rings. The van der Waals surface area contributed by atoms with Gasteiger partial charge >= 0.3 is 0 Å². The van der Waals surface area contributed by atoms with Gasteiger partial charge in [0.15, 0.2) is 9.84 Å². The van der Waals surface area contributed by atoms with Crippen molar-refractivity contribution < 1.29 is 13.2 Å². The Bertz CT molecular complexity index is 824. The van der Waals surface area contributed by atoms with Gasteiger partial charge in [-0.2, -0.15) is 0 Å². The standard InChI is InChI=1S/C18H21NO3S/c1-2-11-19(15-10-12-23(21,22)13-15)18(20)17-9-5-7-14-6-3-4-8-16(14)17/h3-9,15H,2,10-13H2,1H3. The van der Waals surface area contributed by atoms with E-state index < -0.39 is 9.84 Å². The van der Waals surface area contributed by atoms with Crippen molar-refractivity contribution in [2.24, 2.45) is 0 Å². The number of hydrogen-bond acceptors (Lipinski definition) is 3. The van der Waals surface area contributed by atoms with Gasteiger partial charge in [-0.15, -0.1) is 0 Å². The lowest BCUT2D eigenvalue weighted by molar-refractivity contribution is 0.0699. The number of rotatable bonds is 4. The zero-order valence-electron chi connectivity index (χ0n) is 13.2. The highest BCUT2D eigenvalue weighted by atomic mass is 32.2. The molecule has 122 valence electrons. The number of nitrogens with zero attached hydrogens (tertiary/aromatic N) is 1. The molecule has 1 atom stereocenters. The molecule has 3 rings (SSSR count). The summed E-state index contributed by atoms with van der Waals surface area (Å²) in [7, 11) is -3.01. The SMILES string of the molecule is CCCN(C(=O)c1cccc2ccccc12)C1CCS(=O)(=O)C1. The van der Waals surface area contributed by atoms with Crippen molar-refractivity contribution in [3.8, 4) is 0 Å². The van der Waals surface area contributed by atoms with E-state index in [1.54, 1.807) is 4.90 Å². The number of amides is 1. The fraction of sp³-hybridized carbons (Fsp3) is 0.389. The smallest absolute Gasteiger partial charge is 0.254 e. The Hall–Kier alpha value is -1.88. The number of benzene rings is 2. The number of hydrogen-bond donors (Lipinski definition) is 0. The lowest BCUT2D eigenvalue weighted by atomic mass is 10.0. The fourth-order valence-corrected chi connectivity index (χ4v) is 5.01.